The molecular weight excluding hydrogens is 176 g/mol. The molecule has 0 amide bonds. The molecule has 1 atom stereocenters. The molecule has 0 radical (unpaired) electrons. The van der Waals surface area contributed by atoms with Crippen LogP contribution in [-0.4, -0.2) is 19.0 Å². The van der Waals surface area contributed by atoms with Gasteiger partial charge < -0.3 is 0 Å². The Morgan fingerprint density at radius 1 is 1.58 bits per heavy atom. The highest BCUT2D eigenvalue weighted by atomic mass is 28.2. The molecule has 0 nitrogen and oxygen atoms in total. The average molecular weight is 194 g/mol. The van der Waals surface area contributed by atoms with E-state index in [1.807, 2.05) is 0 Å². The van der Waals surface area contributed by atoms with Crippen molar-refractivity contribution in [3.05, 3.63) is 36.1 Å². The SMILES string of the molecule is C=CC1([SiH2]C)C=CC=C([SiH2]C)C1. The van der Waals surface area contributed by atoms with E-state index < -0.39 is 0 Å². The Labute approximate surface area is 80.1 Å². The van der Waals surface area contributed by atoms with Gasteiger partial charge in [0.25, 0.3) is 0 Å². The lowest BCUT2D eigenvalue weighted by Crippen LogP contribution is -2.17. The maximum absolute atomic E-state index is 3.97. The van der Waals surface area contributed by atoms with Gasteiger partial charge in [0.15, 0.2) is 0 Å². The van der Waals surface area contributed by atoms with Gasteiger partial charge in [-0.3, -0.25) is 0 Å². The van der Waals surface area contributed by atoms with Gasteiger partial charge in [-0.2, -0.15) is 0 Å². The molecule has 0 bridgehead atoms. The molecule has 0 aromatic rings. The first-order chi connectivity index (χ1) is 5.76. The Bertz CT molecular complexity index is 228. The number of allylic oxidation sites excluding steroid dienone is 5. The van der Waals surface area contributed by atoms with Crippen molar-refractivity contribution in [3.63, 3.8) is 0 Å². The molecule has 0 saturated carbocycles. The van der Waals surface area contributed by atoms with Gasteiger partial charge in [0, 0.05) is 19.0 Å². The summed E-state index contributed by atoms with van der Waals surface area (Å²) in [5.74, 6) is 0. The summed E-state index contributed by atoms with van der Waals surface area (Å²) < 4.78 is 0. The molecule has 1 aliphatic rings. The normalized spacial score (nSPS) is 30.3. The van der Waals surface area contributed by atoms with Crippen molar-refractivity contribution < 1.29 is 0 Å². The summed E-state index contributed by atoms with van der Waals surface area (Å²) in [6.07, 6.45) is 10.4. The van der Waals surface area contributed by atoms with E-state index in [9.17, 15) is 0 Å². The zero-order valence-electron chi connectivity index (χ0n) is 8.14. The molecule has 0 aromatic carbocycles. The lowest BCUT2D eigenvalue weighted by molar-refractivity contribution is 0.826. The van der Waals surface area contributed by atoms with Gasteiger partial charge in [0.1, 0.15) is 0 Å². The Hall–Kier alpha value is -0.346. The predicted molar refractivity (Wildman–Crippen MR) is 63.5 cm³/mol. The van der Waals surface area contributed by atoms with Crippen molar-refractivity contribution in [2.45, 2.75) is 24.6 Å². The van der Waals surface area contributed by atoms with E-state index in [4.69, 9.17) is 0 Å². The highest BCUT2D eigenvalue weighted by Gasteiger charge is 2.23. The van der Waals surface area contributed by atoms with Crippen molar-refractivity contribution in [1.82, 2.24) is 0 Å². The van der Waals surface area contributed by atoms with Crippen LogP contribution in [0.15, 0.2) is 36.1 Å². The van der Waals surface area contributed by atoms with E-state index in [1.54, 1.807) is 5.20 Å². The largest absolute Gasteiger partial charge is 0.103 e. The second-order valence-electron chi connectivity index (χ2n) is 3.51. The van der Waals surface area contributed by atoms with Crippen molar-refractivity contribution in [2.24, 2.45) is 0 Å². The molecule has 0 fully saturated rings. The van der Waals surface area contributed by atoms with Gasteiger partial charge in [0.05, 0.1) is 0 Å². The summed E-state index contributed by atoms with van der Waals surface area (Å²) in [6.45, 7) is 8.72. The molecule has 66 valence electrons. The molecule has 0 aromatic heterocycles. The molecule has 2 heteroatoms. The first-order valence-electron chi connectivity index (χ1n) is 4.77. The zero-order chi connectivity index (χ0) is 9.03. The molecule has 0 spiro atoms. The molecular formula is C10H18Si2. The fraction of sp³-hybridized carbons (Fsp3) is 0.400. The van der Waals surface area contributed by atoms with E-state index in [0.29, 0.717) is 5.04 Å². The Morgan fingerprint density at radius 2 is 2.33 bits per heavy atom. The number of hydrogen-bond donors (Lipinski definition) is 0. The Kier molecular flexibility index (Phi) is 3.29. The summed E-state index contributed by atoms with van der Waals surface area (Å²) in [5.41, 5.74) is 0. The molecule has 0 heterocycles. The fourth-order valence-corrected chi connectivity index (χ4v) is 4.36. The fourth-order valence-electron chi connectivity index (χ4n) is 1.69. The molecule has 0 aliphatic heterocycles. The van der Waals surface area contributed by atoms with Crippen LogP contribution in [0.3, 0.4) is 0 Å². The van der Waals surface area contributed by atoms with Crippen LogP contribution in [0.25, 0.3) is 0 Å². The zero-order valence-corrected chi connectivity index (χ0v) is 11.0. The molecule has 0 N–H and O–H groups in total. The monoisotopic (exact) mass is 194 g/mol. The Balaban J connectivity index is 2.80. The smallest absolute Gasteiger partial charge is 0.0465 e. The minimum atomic E-state index is -0.00326. The van der Waals surface area contributed by atoms with Crippen molar-refractivity contribution in [1.29, 1.82) is 0 Å². The quantitative estimate of drug-likeness (QED) is 0.473. The van der Waals surface area contributed by atoms with Crippen LogP contribution in [0.1, 0.15) is 6.42 Å². The van der Waals surface area contributed by atoms with Gasteiger partial charge in [-0.25, -0.2) is 0 Å². The van der Waals surface area contributed by atoms with Crippen LogP contribution in [0.2, 0.25) is 18.1 Å². The van der Waals surface area contributed by atoms with Crippen molar-refractivity contribution >= 4 is 19.0 Å². The van der Waals surface area contributed by atoms with Crippen molar-refractivity contribution in [2.75, 3.05) is 0 Å². The standard InChI is InChI=1S/C10H18Si2/c1-4-10(12-3)7-5-6-9(8-10)11-2/h4-7H,1,8,11-12H2,2-3H3. The molecule has 1 aliphatic carbocycles. The molecule has 0 saturated heterocycles. The van der Waals surface area contributed by atoms with Crippen LogP contribution in [0, 0.1) is 0 Å². The van der Waals surface area contributed by atoms with E-state index in [0.717, 1.165) is 0 Å². The van der Waals surface area contributed by atoms with E-state index in [-0.39, 0.29) is 19.0 Å². The minimum absolute atomic E-state index is 0.00326. The maximum Gasteiger partial charge on any atom is 0.0465 e. The summed E-state index contributed by atoms with van der Waals surface area (Å²) in [7, 11) is 0.0618. The summed E-state index contributed by atoms with van der Waals surface area (Å²) in [5, 5.41) is 2.14. The summed E-state index contributed by atoms with van der Waals surface area (Å²) in [6, 6.07) is 0. The van der Waals surface area contributed by atoms with Crippen LogP contribution in [0.4, 0.5) is 0 Å². The van der Waals surface area contributed by atoms with Crippen molar-refractivity contribution in [3.8, 4) is 0 Å². The minimum Gasteiger partial charge on any atom is -0.103 e. The van der Waals surface area contributed by atoms with Gasteiger partial charge in [0.2, 0.25) is 0 Å². The lowest BCUT2D eigenvalue weighted by atomic mass is 9.99. The van der Waals surface area contributed by atoms with E-state index >= 15 is 0 Å². The maximum atomic E-state index is 3.97. The molecule has 1 rings (SSSR count). The van der Waals surface area contributed by atoms with Crippen LogP contribution >= 0.6 is 0 Å². The molecule has 1 unspecified atom stereocenters. The third kappa shape index (κ3) is 1.87. The van der Waals surface area contributed by atoms with Crippen LogP contribution in [0.5, 0.6) is 0 Å². The first-order valence-corrected chi connectivity index (χ1v) is 9.01. The predicted octanol–water partition coefficient (Wildman–Crippen LogP) is 1.61. The number of hydrogen-bond acceptors (Lipinski definition) is 0. The summed E-state index contributed by atoms with van der Waals surface area (Å²) in [4.78, 5) is 0. The Morgan fingerprint density at radius 3 is 2.83 bits per heavy atom. The highest BCUT2D eigenvalue weighted by molar-refractivity contribution is 6.45. The lowest BCUT2D eigenvalue weighted by Gasteiger charge is -2.28. The average Bonchev–Trinajstić information content (AvgIpc) is 2.18. The van der Waals surface area contributed by atoms with E-state index in [1.165, 1.54) is 6.42 Å². The van der Waals surface area contributed by atoms with Crippen LogP contribution < -0.4 is 0 Å². The topological polar surface area (TPSA) is 0 Å². The van der Waals surface area contributed by atoms with Gasteiger partial charge in [-0.15, -0.1) is 6.58 Å². The molecule has 12 heavy (non-hydrogen) atoms. The van der Waals surface area contributed by atoms with Gasteiger partial charge in [-0.1, -0.05) is 42.6 Å². The van der Waals surface area contributed by atoms with Gasteiger partial charge >= 0.3 is 0 Å². The third-order valence-corrected chi connectivity index (χ3v) is 6.32. The second-order valence-corrected chi connectivity index (χ2v) is 7.14. The second kappa shape index (κ2) is 4.05. The van der Waals surface area contributed by atoms with Gasteiger partial charge in [-0.05, 0) is 11.5 Å². The van der Waals surface area contributed by atoms with Crippen LogP contribution in [-0.2, 0) is 0 Å². The van der Waals surface area contributed by atoms with E-state index in [2.05, 4.69) is 44.0 Å². The summed E-state index contributed by atoms with van der Waals surface area (Å²) >= 11 is 0. The highest BCUT2D eigenvalue weighted by Crippen LogP contribution is 2.38. The number of rotatable bonds is 3. The third-order valence-electron chi connectivity index (χ3n) is 2.84. The first kappa shape index (κ1) is 9.74.